The van der Waals surface area contributed by atoms with Crippen LogP contribution in [0.3, 0.4) is 0 Å². The number of anilines is 1. The van der Waals surface area contributed by atoms with Crippen molar-refractivity contribution in [3.8, 4) is 0 Å². The average Bonchev–Trinajstić information content (AvgIpc) is 2.86. The van der Waals surface area contributed by atoms with Gasteiger partial charge in [-0.2, -0.15) is 0 Å². The van der Waals surface area contributed by atoms with Crippen molar-refractivity contribution in [3.05, 3.63) is 11.1 Å². The molecule has 1 saturated carbocycles. The van der Waals surface area contributed by atoms with Gasteiger partial charge in [-0.15, -0.1) is 0 Å². The molecule has 0 bridgehead atoms. The van der Waals surface area contributed by atoms with Gasteiger partial charge in [0.05, 0.1) is 18.5 Å². The molecule has 9 heteroatoms. The van der Waals surface area contributed by atoms with E-state index < -0.39 is 24.4 Å². The van der Waals surface area contributed by atoms with Gasteiger partial charge in [0, 0.05) is 0 Å². The summed E-state index contributed by atoms with van der Waals surface area (Å²) in [6.45, 7) is 0. The second-order valence-corrected chi connectivity index (χ2v) is 5.26. The zero-order valence-corrected chi connectivity index (χ0v) is 11.3. The van der Waals surface area contributed by atoms with Crippen molar-refractivity contribution < 1.29 is 15.3 Å². The lowest BCUT2D eigenvalue weighted by Gasteiger charge is -2.17. The highest BCUT2D eigenvalue weighted by molar-refractivity contribution is 9.10. The summed E-state index contributed by atoms with van der Waals surface area (Å²) < 4.78 is 1.91. The largest absolute Gasteiger partial charge is 0.390 e. The van der Waals surface area contributed by atoms with Crippen molar-refractivity contribution in [1.82, 2.24) is 19.5 Å². The number of aliphatic hydroxyl groups is 3. The van der Waals surface area contributed by atoms with Crippen LogP contribution in [0.1, 0.15) is 12.5 Å². The maximum absolute atomic E-state index is 9.95. The number of halogens is 1. The monoisotopic (exact) mass is 329 g/mol. The number of nitrogen functional groups attached to an aromatic ring is 1. The van der Waals surface area contributed by atoms with Crippen molar-refractivity contribution >= 4 is 32.9 Å². The number of hydrogen-bond donors (Lipinski definition) is 4. The van der Waals surface area contributed by atoms with Gasteiger partial charge in [0.1, 0.15) is 17.7 Å². The highest BCUT2D eigenvalue weighted by atomic mass is 79.9. The van der Waals surface area contributed by atoms with Crippen LogP contribution in [0.15, 0.2) is 11.1 Å². The summed E-state index contributed by atoms with van der Waals surface area (Å²) in [5.74, 6) is 0.226. The van der Waals surface area contributed by atoms with E-state index in [0.29, 0.717) is 15.9 Å². The second-order valence-electron chi connectivity index (χ2n) is 4.55. The molecular formula is C10H12BrN5O3. The Morgan fingerprint density at radius 2 is 2.00 bits per heavy atom. The van der Waals surface area contributed by atoms with E-state index in [1.165, 1.54) is 6.33 Å². The van der Waals surface area contributed by atoms with E-state index in [1.807, 2.05) is 0 Å². The molecule has 2 aromatic heterocycles. The molecular weight excluding hydrogens is 318 g/mol. The predicted octanol–water partition coefficient (Wildman–Crippen LogP) is -0.802. The SMILES string of the molecule is Nc1nc(Br)nc2c1ncn2[C@@H]1C[C@H](O)[C@@H](O)[C@H]1O. The van der Waals surface area contributed by atoms with Crippen LogP contribution < -0.4 is 5.73 Å². The fourth-order valence-corrected chi connectivity index (χ4v) is 2.77. The van der Waals surface area contributed by atoms with Crippen molar-refractivity contribution in [2.24, 2.45) is 0 Å². The van der Waals surface area contributed by atoms with E-state index in [4.69, 9.17) is 5.73 Å². The Bertz CT molecular complexity index is 633. The minimum Gasteiger partial charge on any atom is -0.390 e. The van der Waals surface area contributed by atoms with Gasteiger partial charge in [0.2, 0.25) is 4.73 Å². The van der Waals surface area contributed by atoms with Crippen molar-refractivity contribution in [2.75, 3.05) is 5.73 Å². The lowest BCUT2D eigenvalue weighted by Crippen LogP contribution is -2.31. The van der Waals surface area contributed by atoms with E-state index in [2.05, 4.69) is 30.9 Å². The van der Waals surface area contributed by atoms with Crippen LogP contribution in [-0.4, -0.2) is 53.2 Å². The number of aliphatic hydroxyl groups excluding tert-OH is 3. The lowest BCUT2D eigenvalue weighted by molar-refractivity contribution is -0.0244. The fraction of sp³-hybridized carbons (Fsp3) is 0.500. The highest BCUT2D eigenvalue weighted by Crippen LogP contribution is 2.33. The first-order chi connectivity index (χ1) is 8.99. The van der Waals surface area contributed by atoms with Crippen LogP contribution in [0.4, 0.5) is 5.82 Å². The molecule has 0 unspecified atom stereocenters. The first-order valence-electron chi connectivity index (χ1n) is 5.68. The number of nitrogens with two attached hydrogens (primary N) is 1. The Labute approximate surface area is 116 Å². The zero-order chi connectivity index (χ0) is 13.7. The Hall–Kier alpha value is -1.29. The molecule has 1 aliphatic carbocycles. The summed E-state index contributed by atoms with van der Waals surface area (Å²) >= 11 is 3.14. The number of nitrogens with zero attached hydrogens (tertiary/aromatic N) is 4. The quantitative estimate of drug-likeness (QED) is 0.504. The molecule has 1 fully saturated rings. The Morgan fingerprint density at radius 1 is 1.26 bits per heavy atom. The Balaban J connectivity index is 2.11. The molecule has 0 radical (unpaired) electrons. The average molecular weight is 330 g/mol. The molecule has 19 heavy (non-hydrogen) atoms. The molecule has 1 aliphatic rings. The van der Waals surface area contributed by atoms with Crippen LogP contribution in [0.5, 0.6) is 0 Å². The molecule has 0 saturated heterocycles. The minimum atomic E-state index is -1.18. The summed E-state index contributed by atoms with van der Waals surface area (Å²) in [5, 5.41) is 29.2. The number of imidazole rings is 1. The van der Waals surface area contributed by atoms with E-state index in [-0.39, 0.29) is 12.2 Å². The van der Waals surface area contributed by atoms with Gasteiger partial charge in [0.25, 0.3) is 0 Å². The molecule has 0 amide bonds. The van der Waals surface area contributed by atoms with Gasteiger partial charge in [-0.05, 0) is 22.4 Å². The van der Waals surface area contributed by atoms with E-state index in [9.17, 15) is 15.3 Å². The predicted molar refractivity (Wildman–Crippen MR) is 69.1 cm³/mol. The molecule has 2 heterocycles. The lowest BCUT2D eigenvalue weighted by atomic mass is 10.2. The van der Waals surface area contributed by atoms with Gasteiger partial charge in [0.15, 0.2) is 11.5 Å². The molecule has 4 atom stereocenters. The molecule has 8 nitrogen and oxygen atoms in total. The van der Waals surface area contributed by atoms with Crippen molar-refractivity contribution in [2.45, 2.75) is 30.8 Å². The molecule has 3 rings (SSSR count). The van der Waals surface area contributed by atoms with Crippen LogP contribution >= 0.6 is 15.9 Å². The first-order valence-corrected chi connectivity index (χ1v) is 6.48. The third-order valence-electron chi connectivity index (χ3n) is 3.40. The van der Waals surface area contributed by atoms with Gasteiger partial charge < -0.3 is 25.6 Å². The minimum absolute atomic E-state index is 0.218. The number of fused-ring (bicyclic) bond motifs is 1. The van der Waals surface area contributed by atoms with Crippen LogP contribution in [0, 0.1) is 0 Å². The summed E-state index contributed by atoms with van der Waals surface area (Å²) in [6.07, 6.45) is -1.54. The molecule has 0 aromatic carbocycles. The summed E-state index contributed by atoms with van der Waals surface area (Å²) in [5.41, 5.74) is 6.61. The number of aromatic nitrogens is 4. The Morgan fingerprint density at radius 3 is 2.63 bits per heavy atom. The van der Waals surface area contributed by atoms with Crippen molar-refractivity contribution in [1.29, 1.82) is 0 Å². The van der Waals surface area contributed by atoms with Gasteiger partial charge in [-0.1, -0.05) is 0 Å². The van der Waals surface area contributed by atoms with E-state index in [0.717, 1.165) is 0 Å². The molecule has 102 valence electrons. The van der Waals surface area contributed by atoms with Crippen LogP contribution in [0.25, 0.3) is 11.2 Å². The van der Waals surface area contributed by atoms with Crippen LogP contribution in [0.2, 0.25) is 0 Å². The van der Waals surface area contributed by atoms with Crippen LogP contribution in [-0.2, 0) is 0 Å². The molecule has 5 N–H and O–H groups in total. The summed E-state index contributed by atoms with van der Waals surface area (Å²) in [4.78, 5) is 12.2. The smallest absolute Gasteiger partial charge is 0.200 e. The molecule has 2 aromatic rings. The van der Waals surface area contributed by atoms with Crippen molar-refractivity contribution in [3.63, 3.8) is 0 Å². The standard InChI is InChI=1S/C10H12BrN5O3/c11-10-14-8(12)5-9(15-10)16(2-13-5)3-1-4(17)7(19)6(3)18/h2-4,6-7,17-19H,1H2,(H2,12,14,15)/t3-,4+,6+,7-/m1/s1. The Kier molecular flexibility index (Phi) is 2.93. The molecule has 0 aliphatic heterocycles. The maximum atomic E-state index is 9.95. The van der Waals surface area contributed by atoms with E-state index >= 15 is 0 Å². The summed E-state index contributed by atoms with van der Waals surface area (Å²) in [7, 11) is 0. The van der Waals surface area contributed by atoms with Gasteiger partial charge in [-0.25, -0.2) is 15.0 Å². The molecule has 0 spiro atoms. The fourth-order valence-electron chi connectivity index (χ4n) is 2.41. The zero-order valence-electron chi connectivity index (χ0n) is 9.68. The second kappa shape index (κ2) is 4.37. The number of hydrogen-bond acceptors (Lipinski definition) is 7. The third-order valence-corrected chi connectivity index (χ3v) is 3.75. The summed E-state index contributed by atoms with van der Waals surface area (Å²) in [6, 6.07) is -0.504. The van der Waals surface area contributed by atoms with Gasteiger partial charge >= 0.3 is 0 Å². The third kappa shape index (κ3) is 1.89. The highest BCUT2D eigenvalue weighted by Gasteiger charge is 2.42. The normalized spacial score (nSPS) is 31.2. The van der Waals surface area contributed by atoms with E-state index in [1.54, 1.807) is 4.57 Å². The van der Waals surface area contributed by atoms with Gasteiger partial charge in [-0.3, -0.25) is 0 Å². The maximum Gasteiger partial charge on any atom is 0.200 e. The number of rotatable bonds is 1. The first kappa shape index (κ1) is 12.7. The topological polar surface area (TPSA) is 130 Å².